The molecule has 0 radical (unpaired) electrons. The van der Waals surface area contributed by atoms with Crippen LogP contribution in [0.25, 0.3) is 0 Å². The summed E-state index contributed by atoms with van der Waals surface area (Å²) in [5.41, 5.74) is 4.15. The molecule has 2 aliphatic rings. The van der Waals surface area contributed by atoms with Crippen molar-refractivity contribution in [1.82, 2.24) is 0 Å². The number of hydrogen-bond donors (Lipinski definition) is 0. The molecule has 1 spiro atoms. The van der Waals surface area contributed by atoms with Gasteiger partial charge in [-0.1, -0.05) is 60.7 Å². The fourth-order valence-electron chi connectivity index (χ4n) is 4.11. The lowest BCUT2D eigenvalue weighted by Crippen LogP contribution is -2.34. The molecule has 0 saturated heterocycles. The molecule has 104 valence electrons. The van der Waals surface area contributed by atoms with E-state index in [-0.39, 0.29) is 17.1 Å². The van der Waals surface area contributed by atoms with Gasteiger partial charge in [0.25, 0.3) is 0 Å². The van der Waals surface area contributed by atoms with Crippen LogP contribution < -0.4 is 0 Å². The first-order chi connectivity index (χ1) is 10.3. The van der Waals surface area contributed by atoms with Crippen molar-refractivity contribution in [3.8, 4) is 0 Å². The average Bonchev–Trinajstić information content (AvgIpc) is 2.91. The molecule has 0 bridgehead atoms. The molecule has 2 aromatic rings. The zero-order valence-electron chi connectivity index (χ0n) is 12.0. The summed E-state index contributed by atoms with van der Waals surface area (Å²) in [6.45, 7) is 0. The van der Waals surface area contributed by atoms with Crippen molar-refractivity contribution in [2.75, 3.05) is 0 Å². The number of carbonyl (C=O) groups excluding carboxylic acids is 1. The first-order valence-corrected chi connectivity index (χ1v) is 7.65. The first kappa shape index (κ1) is 12.6. The van der Waals surface area contributed by atoms with E-state index in [0.29, 0.717) is 6.42 Å². The Balaban J connectivity index is 1.90. The standard InChI is InChI=1S/C20H18O/c21-17-11-13-20(12-10-16-8-4-5-9-18(16)20)19(14-17)15-6-2-1-3-7-15/h1-9,11,13,19H,10,12,14H2/t19-,20-/m1/s1. The Hall–Kier alpha value is -2.15. The van der Waals surface area contributed by atoms with Gasteiger partial charge in [0.1, 0.15) is 0 Å². The molecule has 1 nitrogen and oxygen atoms in total. The van der Waals surface area contributed by atoms with Crippen LogP contribution in [0.1, 0.15) is 35.4 Å². The van der Waals surface area contributed by atoms with Gasteiger partial charge in [0.2, 0.25) is 0 Å². The topological polar surface area (TPSA) is 17.1 Å². The normalized spacial score (nSPS) is 27.0. The molecule has 0 N–H and O–H groups in total. The van der Waals surface area contributed by atoms with Crippen molar-refractivity contribution in [1.29, 1.82) is 0 Å². The van der Waals surface area contributed by atoms with E-state index in [1.807, 2.05) is 12.1 Å². The van der Waals surface area contributed by atoms with Gasteiger partial charge in [-0.15, -0.1) is 0 Å². The van der Waals surface area contributed by atoms with E-state index in [1.165, 1.54) is 16.7 Å². The minimum atomic E-state index is 0.00581. The van der Waals surface area contributed by atoms with Crippen molar-refractivity contribution in [3.63, 3.8) is 0 Å². The summed E-state index contributed by atoms with van der Waals surface area (Å²) in [6.07, 6.45) is 6.83. The number of benzene rings is 2. The zero-order valence-corrected chi connectivity index (χ0v) is 12.0. The number of fused-ring (bicyclic) bond motifs is 2. The fourth-order valence-corrected chi connectivity index (χ4v) is 4.11. The lowest BCUT2D eigenvalue weighted by atomic mass is 9.64. The molecule has 21 heavy (non-hydrogen) atoms. The van der Waals surface area contributed by atoms with Crippen molar-refractivity contribution >= 4 is 5.78 Å². The highest BCUT2D eigenvalue weighted by atomic mass is 16.1. The minimum absolute atomic E-state index is 0.00581. The van der Waals surface area contributed by atoms with Crippen LogP contribution >= 0.6 is 0 Å². The molecule has 1 heteroatoms. The molecule has 0 saturated carbocycles. The van der Waals surface area contributed by atoms with Crippen LogP contribution in [-0.4, -0.2) is 5.78 Å². The van der Waals surface area contributed by atoms with Crippen molar-refractivity contribution in [2.24, 2.45) is 0 Å². The van der Waals surface area contributed by atoms with Gasteiger partial charge in [-0.2, -0.15) is 0 Å². The third-order valence-electron chi connectivity index (χ3n) is 5.12. The SMILES string of the molecule is O=C1C=C[C@@]2(CCc3ccccc32)[C@@H](c2ccccc2)C1. The Morgan fingerprint density at radius 2 is 1.71 bits per heavy atom. The maximum absolute atomic E-state index is 12.0. The molecule has 0 amide bonds. The Morgan fingerprint density at radius 1 is 0.952 bits per heavy atom. The van der Waals surface area contributed by atoms with Crippen molar-refractivity contribution < 1.29 is 4.79 Å². The number of hydrogen-bond acceptors (Lipinski definition) is 1. The largest absolute Gasteiger partial charge is 0.295 e. The van der Waals surface area contributed by atoms with Gasteiger partial charge in [-0.05, 0) is 35.6 Å². The van der Waals surface area contributed by atoms with Gasteiger partial charge >= 0.3 is 0 Å². The van der Waals surface area contributed by atoms with E-state index in [9.17, 15) is 4.79 Å². The quantitative estimate of drug-likeness (QED) is 0.762. The number of allylic oxidation sites excluding steroid dienone is 2. The summed E-state index contributed by atoms with van der Waals surface area (Å²) in [6, 6.07) is 19.2. The molecular weight excluding hydrogens is 256 g/mol. The van der Waals surface area contributed by atoms with Gasteiger partial charge in [-0.25, -0.2) is 0 Å². The predicted molar refractivity (Wildman–Crippen MR) is 84.4 cm³/mol. The van der Waals surface area contributed by atoms with E-state index in [4.69, 9.17) is 0 Å². The van der Waals surface area contributed by atoms with E-state index in [0.717, 1.165) is 12.8 Å². The maximum atomic E-state index is 12.0. The Labute approximate surface area is 125 Å². The Morgan fingerprint density at radius 3 is 2.57 bits per heavy atom. The second-order valence-corrected chi connectivity index (χ2v) is 6.16. The lowest BCUT2D eigenvalue weighted by molar-refractivity contribution is -0.115. The van der Waals surface area contributed by atoms with Crippen LogP contribution in [0.5, 0.6) is 0 Å². The van der Waals surface area contributed by atoms with Gasteiger partial charge in [-0.3, -0.25) is 4.79 Å². The number of rotatable bonds is 1. The third kappa shape index (κ3) is 1.88. The number of carbonyl (C=O) groups is 1. The summed E-state index contributed by atoms with van der Waals surface area (Å²) in [5.74, 6) is 0.513. The molecule has 0 aliphatic heterocycles. The van der Waals surface area contributed by atoms with E-state index < -0.39 is 0 Å². The first-order valence-electron chi connectivity index (χ1n) is 7.65. The molecule has 2 aliphatic carbocycles. The summed E-state index contributed by atoms with van der Waals surface area (Å²) in [7, 11) is 0. The molecule has 0 aromatic heterocycles. The van der Waals surface area contributed by atoms with Crippen LogP contribution in [0.4, 0.5) is 0 Å². The van der Waals surface area contributed by atoms with Gasteiger partial charge in [0.15, 0.2) is 5.78 Å². The maximum Gasteiger partial charge on any atom is 0.156 e. The van der Waals surface area contributed by atoms with E-state index in [2.05, 4.69) is 54.6 Å². The van der Waals surface area contributed by atoms with Crippen LogP contribution in [0.15, 0.2) is 66.7 Å². The van der Waals surface area contributed by atoms with Crippen LogP contribution in [0.2, 0.25) is 0 Å². The van der Waals surface area contributed by atoms with Crippen LogP contribution in [0, 0.1) is 0 Å². The fraction of sp³-hybridized carbons (Fsp3) is 0.250. The minimum Gasteiger partial charge on any atom is -0.295 e. The molecule has 0 fully saturated rings. The van der Waals surface area contributed by atoms with E-state index in [1.54, 1.807) is 0 Å². The summed E-state index contributed by atoms with van der Waals surface area (Å²) >= 11 is 0. The Kier molecular flexibility index (Phi) is 2.81. The molecule has 2 atom stereocenters. The zero-order chi connectivity index (χ0) is 14.3. The number of ketones is 1. The van der Waals surface area contributed by atoms with Gasteiger partial charge < -0.3 is 0 Å². The third-order valence-corrected chi connectivity index (χ3v) is 5.12. The van der Waals surface area contributed by atoms with Crippen molar-refractivity contribution in [3.05, 3.63) is 83.4 Å². The monoisotopic (exact) mass is 274 g/mol. The highest BCUT2D eigenvalue weighted by molar-refractivity contribution is 5.92. The summed E-state index contributed by atoms with van der Waals surface area (Å²) in [5, 5.41) is 0. The van der Waals surface area contributed by atoms with Crippen LogP contribution in [-0.2, 0) is 16.6 Å². The van der Waals surface area contributed by atoms with Gasteiger partial charge in [0, 0.05) is 17.8 Å². The molecule has 2 aromatic carbocycles. The molecule has 4 rings (SSSR count). The molecule has 0 unspecified atom stereocenters. The Bertz CT molecular complexity index is 714. The molecule has 0 heterocycles. The van der Waals surface area contributed by atoms with E-state index >= 15 is 0 Å². The highest BCUT2D eigenvalue weighted by Gasteiger charge is 2.45. The second kappa shape index (κ2) is 4.70. The summed E-state index contributed by atoms with van der Waals surface area (Å²) in [4.78, 5) is 12.0. The average molecular weight is 274 g/mol. The van der Waals surface area contributed by atoms with Crippen molar-refractivity contribution in [2.45, 2.75) is 30.6 Å². The summed E-state index contributed by atoms with van der Waals surface area (Å²) < 4.78 is 0. The highest BCUT2D eigenvalue weighted by Crippen LogP contribution is 2.52. The predicted octanol–water partition coefficient (Wildman–Crippen LogP) is 4.18. The lowest BCUT2D eigenvalue weighted by Gasteiger charge is -2.38. The second-order valence-electron chi connectivity index (χ2n) is 6.16. The number of aryl methyl sites for hydroxylation is 1. The van der Waals surface area contributed by atoms with Gasteiger partial charge in [0.05, 0.1) is 0 Å². The van der Waals surface area contributed by atoms with Crippen LogP contribution in [0.3, 0.4) is 0 Å². The smallest absolute Gasteiger partial charge is 0.156 e. The molecular formula is C20H18O.